The third-order valence-electron chi connectivity index (χ3n) is 2.32. The van der Waals surface area contributed by atoms with Gasteiger partial charge in [-0.2, -0.15) is 0 Å². The van der Waals surface area contributed by atoms with Gasteiger partial charge in [0.1, 0.15) is 0 Å². The molecule has 19 heavy (non-hydrogen) atoms. The van der Waals surface area contributed by atoms with E-state index in [1.165, 1.54) is 0 Å². The van der Waals surface area contributed by atoms with Crippen LogP contribution in [-0.2, 0) is 23.9 Å². The minimum Gasteiger partial charge on any atom is -0.478 e. The third kappa shape index (κ3) is 2.66. The average Bonchev–Trinajstić information content (AvgIpc) is 2.38. The second-order valence-corrected chi connectivity index (χ2v) is 5.60. The van der Waals surface area contributed by atoms with Crippen molar-refractivity contribution in [1.82, 2.24) is 0 Å². The molecule has 0 spiro atoms. The quantitative estimate of drug-likeness (QED) is 0.624. The van der Waals surface area contributed by atoms with Crippen molar-refractivity contribution in [3.8, 4) is 0 Å². The molecule has 1 aliphatic carbocycles. The lowest BCUT2D eigenvalue weighted by Crippen LogP contribution is -2.56. The summed E-state index contributed by atoms with van der Waals surface area (Å²) in [6.45, 7) is 2.05. The minimum atomic E-state index is -2.43. The van der Waals surface area contributed by atoms with E-state index in [0.717, 1.165) is 19.9 Å². The Morgan fingerprint density at radius 2 is 1.79 bits per heavy atom. The average molecular weight is 332 g/mol. The number of carboxylic acids is 1. The molecule has 0 saturated heterocycles. The van der Waals surface area contributed by atoms with Crippen molar-refractivity contribution in [2.24, 2.45) is 0 Å². The number of carbonyl (C=O) groups excluding carboxylic acids is 2. The number of carbonyl (C=O) groups is 3. The van der Waals surface area contributed by atoms with Crippen LogP contribution in [-0.4, -0.2) is 39.1 Å². The monoisotopic (exact) mass is 330 g/mol. The zero-order valence-electron chi connectivity index (χ0n) is 9.78. The molecule has 1 aliphatic rings. The van der Waals surface area contributed by atoms with Gasteiger partial charge >= 0.3 is 17.9 Å². The van der Waals surface area contributed by atoms with E-state index in [1.807, 2.05) is 0 Å². The topological polar surface area (TPSA) is 89.9 Å². The summed E-state index contributed by atoms with van der Waals surface area (Å²) < 4.78 is 7.19. The van der Waals surface area contributed by atoms with Crippen molar-refractivity contribution in [3.63, 3.8) is 0 Å². The molecule has 6 nitrogen and oxygen atoms in total. The van der Waals surface area contributed by atoms with E-state index in [4.69, 9.17) is 44.3 Å². The van der Waals surface area contributed by atoms with Crippen molar-refractivity contribution in [3.05, 3.63) is 11.1 Å². The van der Waals surface area contributed by atoms with Gasteiger partial charge in [-0.05, 0) is 6.08 Å². The van der Waals surface area contributed by atoms with Gasteiger partial charge in [0.25, 0.3) is 5.60 Å². The molecule has 106 valence electrons. The fraction of sp³-hybridized carbons (Fsp3) is 0.500. The predicted octanol–water partition coefficient (Wildman–Crippen LogP) is 1.61. The SMILES string of the molecule is CC(=O)OC1C(Cl)=CC(OC(C)=O)(C(=O)O)C1(Cl)Cl. The predicted molar refractivity (Wildman–Crippen MR) is 66.1 cm³/mol. The molecule has 0 aromatic rings. The first-order valence-electron chi connectivity index (χ1n) is 4.91. The van der Waals surface area contributed by atoms with Crippen LogP contribution in [0.25, 0.3) is 0 Å². The summed E-state index contributed by atoms with van der Waals surface area (Å²) in [4.78, 5) is 33.4. The van der Waals surface area contributed by atoms with E-state index in [1.54, 1.807) is 0 Å². The van der Waals surface area contributed by atoms with Crippen LogP contribution in [0.15, 0.2) is 11.1 Å². The summed E-state index contributed by atoms with van der Waals surface area (Å²) in [6, 6.07) is 0. The Bertz CT molecular complexity index is 472. The molecule has 2 atom stereocenters. The van der Waals surface area contributed by atoms with Crippen LogP contribution in [0.3, 0.4) is 0 Å². The zero-order chi connectivity index (χ0) is 15.0. The molecule has 0 saturated carbocycles. The molecular formula is C10H9Cl3O6. The van der Waals surface area contributed by atoms with Crippen LogP contribution in [0.1, 0.15) is 13.8 Å². The third-order valence-corrected chi connectivity index (χ3v) is 3.59. The van der Waals surface area contributed by atoms with E-state index in [-0.39, 0.29) is 5.03 Å². The number of esters is 2. The molecule has 0 aromatic carbocycles. The van der Waals surface area contributed by atoms with Gasteiger partial charge < -0.3 is 14.6 Å². The van der Waals surface area contributed by atoms with Crippen LogP contribution in [0.5, 0.6) is 0 Å². The Kier molecular flexibility index (Phi) is 4.39. The van der Waals surface area contributed by atoms with Gasteiger partial charge in [-0.3, -0.25) is 9.59 Å². The Balaban J connectivity index is 3.31. The standard InChI is InChI=1S/C10H9Cl3O6/c1-4(14)18-7-6(11)3-9(8(16)17,10(7,12)13)19-5(2)15/h3,7H,1-2H3,(H,16,17). The van der Waals surface area contributed by atoms with E-state index >= 15 is 0 Å². The van der Waals surface area contributed by atoms with Crippen LogP contribution in [0.4, 0.5) is 0 Å². The van der Waals surface area contributed by atoms with Gasteiger partial charge in [0.15, 0.2) is 6.10 Å². The number of hydrogen-bond donors (Lipinski definition) is 1. The van der Waals surface area contributed by atoms with E-state index in [9.17, 15) is 19.5 Å². The molecule has 2 unspecified atom stereocenters. The van der Waals surface area contributed by atoms with Crippen LogP contribution < -0.4 is 0 Å². The normalized spacial score (nSPS) is 28.5. The molecule has 1 N–H and O–H groups in total. The molecule has 0 fully saturated rings. The lowest BCUT2D eigenvalue weighted by Gasteiger charge is -2.34. The fourth-order valence-electron chi connectivity index (χ4n) is 1.60. The van der Waals surface area contributed by atoms with Crippen LogP contribution >= 0.6 is 34.8 Å². The number of carboxylic acid groups (broad SMARTS) is 1. The highest BCUT2D eigenvalue weighted by molar-refractivity contribution is 6.53. The van der Waals surface area contributed by atoms with Gasteiger partial charge in [0.2, 0.25) is 4.33 Å². The first kappa shape index (κ1) is 16.1. The molecule has 0 amide bonds. The highest BCUT2D eigenvalue weighted by atomic mass is 35.5. The fourth-order valence-corrected chi connectivity index (χ4v) is 2.75. The van der Waals surface area contributed by atoms with Crippen molar-refractivity contribution < 1.29 is 29.0 Å². The Morgan fingerprint density at radius 3 is 2.16 bits per heavy atom. The molecule has 0 radical (unpaired) electrons. The van der Waals surface area contributed by atoms with Gasteiger partial charge in [0, 0.05) is 13.8 Å². The number of halogens is 3. The maximum absolute atomic E-state index is 11.4. The molecule has 0 aromatic heterocycles. The summed E-state index contributed by atoms with van der Waals surface area (Å²) >= 11 is 17.6. The molecule has 9 heteroatoms. The number of hydrogen-bond acceptors (Lipinski definition) is 5. The van der Waals surface area contributed by atoms with Gasteiger partial charge in [-0.1, -0.05) is 34.8 Å². The summed E-state index contributed by atoms with van der Waals surface area (Å²) in [5.74, 6) is -3.34. The molecule has 1 rings (SSSR count). The minimum absolute atomic E-state index is 0.246. The van der Waals surface area contributed by atoms with Gasteiger partial charge in [0.05, 0.1) is 5.03 Å². The van der Waals surface area contributed by atoms with Gasteiger partial charge in [-0.15, -0.1) is 0 Å². The summed E-state index contributed by atoms with van der Waals surface area (Å²) in [5, 5.41) is 8.98. The number of ether oxygens (including phenoxy) is 2. The summed E-state index contributed by atoms with van der Waals surface area (Å²) in [6.07, 6.45) is -0.614. The Labute approximate surface area is 123 Å². The Hall–Kier alpha value is -0.980. The summed E-state index contributed by atoms with van der Waals surface area (Å²) in [7, 11) is 0. The largest absolute Gasteiger partial charge is 0.478 e. The van der Waals surface area contributed by atoms with E-state index in [0.29, 0.717) is 0 Å². The Morgan fingerprint density at radius 1 is 1.26 bits per heavy atom. The summed E-state index contributed by atoms with van der Waals surface area (Å²) in [5.41, 5.74) is -2.43. The number of alkyl halides is 2. The first-order chi connectivity index (χ1) is 8.54. The van der Waals surface area contributed by atoms with Gasteiger partial charge in [-0.25, -0.2) is 4.79 Å². The second-order valence-electron chi connectivity index (χ2n) is 3.78. The highest BCUT2D eigenvalue weighted by Gasteiger charge is 2.68. The molecule has 0 bridgehead atoms. The van der Waals surface area contributed by atoms with E-state index in [2.05, 4.69) is 0 Å². The number of aliphatic carboxylic acids is 1. The van der Waals surface area contributed by atoms with E-state index < -0.39 is 33.9 Å². The molecule has 0 heterocycles. The lowest BCUT2D eigenvalue weighted by molar-refractivity contribution is -0.174. The maximum Gasteiger partial charge on any atom is 0.355 e. The van der Waals surface area contributed by atoms with Crippen molar-refractivity contribution >= 4 is 52.7 Å². The van der Waals surface area contributed by atoms with Crippen LogP contribution in [0.2, 0.25) is 0 Å². The molecule has 0 aliphatic heterocycles. The maximum atomic E-state index is 11.4. The zero-order valence-corrected chi connectivity index (χ0v) is 12.0. The first-order valence-corrected chi connectivity index (χ1v) is 6.04. The van der Waals surface area contributed by atoms with Crippen molar-refractivity contribution in [2.45, 2.75) is 29.9 Å². The van der Waals surface area contributed by atoms with Crippen molar-refractivity contribution in [2.75, 3.05) is 0 Å². The lowest BCUT2D eigenvalue weighted by atomic mass is 10.0. The number of rotatable bonds is 3. The smallest absolute Gasteiger partial charge is 0.355 e. The highest BCUT2D eigenvalue weighted by Crippen LogP contribution is 2.51. The van der Waals surface area contributed by atoms with Crippen LogP contribution in [0, 0.1) is 0 Å². The second kappa shape index (κ2) is 5.19. The van der Waals surface area contributed by atoms with Crippen molar-refractivity contribution in [1.29, 1.82) is 0 Å². The molecular weight excluding hydrogens is 322 g/mol.